The molecular formula is C13H20BrN3O. The Kier molecular flexibility index (Phi) is 4.56. The maximum Gasteiger partial charge on any atom is 0.162 e. The van der Waals surface area contributed by atoms with Crippen LogP contribution in [0.3, 0.4) is 0 Å². The molecule has 4 nitrogen and oxygen atoms in total. The van der Waals surface area contributed by atoms with Gasteiger partial charge in [-0.15, -0.1) is 0 Å². The van der Waals surface area contributed by atoms with Crippen LogP contribution < -0.4 is 5.32 Å². The fourth-order valence-corrected chi connectivity index (χ4v) is 2.43. The summed E-state index contributed by atoms with van der Waals surface area (Å²) in [5.41, 5.74) is -0.332. The van der Waals surface area contributed by atoms with Gasteiger partial charge in [-0.3, -0.25) is 0 Å². The van der Waals surface area contributed by atoms with Gasteiger partial charge in [-0.2, -0.15) is 0 Å². The predicted octanol–water partition coefficient (Wildman–Crippen LogP) is 3.48. The van der Waals surface area contributed by atoms with Crippen molar-refractivity contribution in [2.75, 3.05) is 18.5 Å². The molecule has 0 aromatic carbocycles. The summed E-state index contributed by atoms with van der Waals surface area (Å²) >= 11 is 3.47. The van der Waals surface area contributed by atoms with Gasteiger partial charge in [-0.25, -0.2) is 9.97 Å². The molecule has 0 spiro atoms. The molecular weight excluding hydrogens is 294 g/mol. The quantitative estimate of drug-likeness (QED) is 0.924. The van der Waals surface area contributed by atoms with Crippen LogP contribution in [0.25, 0.3) is 0 Å². The Morgan fingerprint density at radius 3 is 3.00 bits per heavy atom. The number of ether oxygens (including phenoxy) is 1. The zero-order valence-electron chi connectivity index (χ0n) is 11.0. The predicted molar refractivity (Wildman–Crippen MR) is 75.7 cm³/mol. The second kappa shape index (κ2) is 5.97. The number of anilines is 1. The fraction of sp³-hybridized carbons (Fsp3) is 0.692. The smallest absolute Gasteiger partial charge is 0.162 e. The van der Waals surface area contributed by atoms with Crippen molar-refractivity contribution in [3.63, 3.8) is 0 Å². The largest absolute Gasteiger partial charge is 0.369 e. The number of aromatic nitrogens is 2. The Balaban J connectivity index is 2.22. The number of nitrogens with one attached hydrogen (secondary N) is 1. The highest BCUT2D eigenvalue weighted by Crippen LogP contribution is 2.33. The molecule has 1 aromatic rings. The number of nitrogens with zero attached hydrogens (tertiary/aromatic N) is 2. The van der Waals surface area contributed by atoms with Gasteiger partial charge in [-0.1, -0.05) is 6.92 Å². The first kappa shape index (κ1) is 13.7. The average Bonchev–Trinajstić information content (AvgIpc) is 2.38. The standard InChI is InChI=1S/C13H20BrN3O/c1-3-7-15-11-10(14)9-16-12(17-11)13(2)6-4-5-8-18-13/h9H,3-8H2,1-2H3,(H,15,16,17). The van der Waals surface area contributed by atoms with E-state index in [-0.39, 0.29) is 5.60 Å². The van der Waals surface area contributed by atoms with Gasteiger partial charge in [-0.05, 0) is 48.5 Å². The highest BCUT2D eigenvalue weighted by atomic mass is 79.9. The SMILES string of the molecule is CCCNc1nc(C2(C)CCCCO2)ncc1Br. The molecule has 5 heteroatoms. The van der Waals surface area contributed by atoms with E-state index in [1.54, 1.807) is 0 Å². The van der Waals surface area contributed by atoms with Gasteiger partial charge < -0.3 is 10.1 Å². The number of hydrogen-bond acceptors (Lipinski definition) is 4. The van der Waals surface area contributed by atoms with Crippen LogP contribution in [-0.4, -0.2) is 23.1 Å². The van der Waals surface area contributed by atoms with Gasteiger partial charge in [0.05, 0.1) is 4.47 Å². The van der Waals surface area contributed by atoms with Gasteiger partial charge in [0.25, 0.3) is 0 Å². The zero-order chi connectivity index (χ0) is 13.0. The molecule has 1 aromatic heterocycles. The summed E-state index contributed by atoms with van der Waals surface area (Å²) in [4.78, 5) is 9.03. The van der Waals surface area contributed by atoms with Crippen LogP contribution in [-0.2, 0) is 10.3 Å². The van der Waals surface area contributed by atoms with E-state index >= 15 is 0 Å². The highest BCUT2D eigenvalue weighted by molar-refractivity contribution is 9.10. The molecule has 1 aliphatic rings. The minimum atomic E-state index is -0.332. The third-order valence-corrected chi connectivity index (χ3v) is 3.81. The van der Waals surface area contributed by atoms with Crippen molar-refractivity contribution in [2.45, 2.75) is 45.1 Å². The summed E-state index contributed by atoms with van der Waals surface area (Å²) in [5, 5.41) is 3.31. The molecule has 0 bridgehead atoms. The molecule has 1 atom stereocenters. The van der Waals surface area contributed by atoms with Crippen molar-refractivity contribution in [1.29, 1.82) is 0 Å². The lowest BCUT2D eigenvalue weighted by molar-refractivity contribution is -0.0759. The maximum absolute atomic E-state index is 5.88. The summed E-state index contributed by atoms with van der Waals surface area (Å²) in [5.74, 6) is 1.64. The van der Waals surface area contributed by atoms with E-state index in [0.29, 0.717) is 0 Å². The summed E-state index contributed by atoms with van der Waals surface area (Å²) in [6, 6.07) is 0. The zero-order valence-corrected chi connectivity index (χ0v) is 12.6. The molecule has 18 heavy (non-hydrogen) atoms. The molecule has 0 amide bonds. The Morgan fingerprint density at radius 1 is 1.50 bits per heavy atom. The van der Waals surface area contributed by atoms with Crippen LogP contribution in [0.5, 0.6) is 0 Å². The van der Waals surface area contributed by atoms with Gasteiger partial charge in [0.2, 0.25) is 0 Å². The number of halogens is 1. The topological polar surface area (TPSA) is 47.0 Å². The summed E-state index contributed by atoms with van der Waals surface area (Å²) in [6.45, 7) is 5.92. The van der Waals surface area contributed by atoms with Crippen LogP contribution in [0.4, 0.5) is 5.82 Å². The molecule has 1 saturated heterocycles. The molecule has 1 N–H and O–H groups in total. The van der Waals surface area contributed by atoms with Crippen molar-refractivity contribution in [3.8, 4) is 0 Å². The average molecular weight is 314 g/mol. The summed E-state index contributed by atoms with van der Waals surface area (Å²) in [7, 11) is 0. The molecule has 0 radical (unpaired) electrons. The molecule has 0 saturated carbocycles. The van der Waals surface area contributed by atoms with Crippen LogP contribution in [0.1, 0.15) is 45.4 Å². The maximum atomic E-state index is 5.88. The van der Waals surface area contributed by atoms with E-state index in [9.17, 15) is 0 Å². The van der Waals surface area contributed by atoms with Crippen molar-refractivity contribution in [2.24, 2.45) is 0 Å². The second-order valence-corrected chi connectivity index (χ2v) is 5.71. The highest BCUT2D eigenvalue weighted by Gasteiger charge is 2.33. The van der Waals surface area contributed by atoms with Crippen molar-refractivity contribution in [3.05, 3.63) is 16.5 Å². The molecule has 1 aliphatic heterocycles. The van der Waals surface area contributed by atoms with Crippen LogP contribution in [0.2, 0.25) is 0 Å². The first-order valence-electron chi connectivity index (χ1n) is 6.56. The second-order valence-electron chi connectivity index (χ2n) is 4.85. The summed E-state index contributed by atoms with van der Waals surface area (Å²) in [6.07, 6.45) is 6.17. The third kappa shape index (κ3) is 3.01. The number of rotatable bonds is 4. The Labute approximate surface area is 117 Å². The Hall–Kier alpha value is -0.680. The van der Waals surface area contributed by atoms with Gasteiger partial charge in [0, 0.05) is 19.3 Å². The first-order valence-corrected chi connectivity index (χ1v) is 7.36. The van der Waals surface area contributed by atoms with Gasteiger partial charge >= 0.3 is 0 Å². The van der Waals surface area contributed by atoms with Crippen molar-refractivity contribution in [1.82, 2.24) is 9.97 Å². The van der Waals surface area contributed by atoms with Gasteiger partial charge in [0.1, 0.15) is 11.4 Å². The first-order chi connectivity index (χ1) is 8.65. The van der Waals surface area contributed by atoms with E-state index in [1.807, 2.05) is 6.20 Å². The van der Waals surface area contributed by atoms with Crippen molar-refractivity contribution >= 4 is 21.7 Å². The van der Waals surface area contributed by atoms with Crippen molar-refractivity contribution < 1.29 is 4.74 Å². The van der Waals surface area contributed by atoms with Crippen LogP contribution in [0, 0.1) is 0 Å². The van der Waals surface area contributed by atoms with E-state index in [4.69, 9.17) is 4.74 Å². The van der Waals surface area contributed by atoms with E-state index in [2.05, 4.69) is 45.1 Å². The molecule has 1 unspecified atom stereocenters. The lowest BCUT2D eigenvalue weighted by Crippen LogP contribution is -2.32. The van der Waals surface area contributed by atoms with E-state index in [1.165, 1.54) is 6.42 Å². The molecule has 1 fully saturated rings. The molecule has 2 rings (SSSR count). The lowest BCUT2D eigenvalue weighted by atomic mass is 9.95. The monoisotopic (exact) mass is 313 g/mol. The van der Waals surface area contributed by atoms with Crippen LogP contribution >= 0.6 is 15.9 Å². The minimum absolute atomic E-state index is 0.332. The Morgan fingerprint density at radius 2 is 2.33 bits per heavy atom. The minimum Gasteiger partial charge on any atom is -0.369 e. The molecule has 0 aliphatic carbocycles. The van der Waals surface area contributed by atoms with E-state index < -0.39 is 0 Å². The lowest BCUT2D eigenvalue weighted by Gasteiger charge is -2.32. The van der Waals surface area contributed by atoms with E-state index in [0.717, 1.165) is 48.5 Å². The molecule has 2 heterocycles. The number of hydrogen-bond donors (Lipinski definition) is 1. The Bertz CT molecular complexity index is 405. The summed E-state index contributed by atoms with van der Waals surface area (Å²) < 4.78 is 6.78. The third-order valence-electron chi connectivity index (χ3n) is 3.23. The normalized spacial score (nSPS) is 23.9. The van der Waals surface area contributed by atoms with Crippen LogP contribution in [0.15, 0.2) is 10.7 Å². The fourth-order valence-electron chi connectivity index (χ4n) is 2.10. The molecule has 100 valence electrons. The van der Waals surface area contributed by atoms with Gasteiger partial charge in [0.15, 0.2) is 5.82 Å².